The Balaban J connectivity index is 2.71. The molecule has 1 aromatic rings. The van der Waals surface area contributed by atoms with Crippen molar-refractivity contribution in [2.45, 2.75) is 20.3 Å². The molecular weight excluding hydrogens is 200 g/mol. The number of allylic oxidation sites excluding steroid dienone is 3. The summed E-state index contributed by atoms with van der Waals surface area (Å²) in [6, 6.07) is 6.96. The molecule has 0 spiro atoms. The first-order valence-electron chi connectivity index (χ1n) is 5.30. The van der Waals surface area contributed by atoms with Crippen molar-refractivity contribution in [2.75, 3.05) is 0 Å². The number of hydrogen-bond donors (Lipinski definition) is 1. The lowest BCUT2D eigenvalue weighted by Gasteiger charge is -1.95. The van der Waals surface area contributed by atoms with Crippen molar-refractivity contribution in [2.24, 2.45) is 0 Å². The fraction of sp³-hybridized carbons (Fsp3) is 0.214. The monoisotopic (exact) mass is 216 g/mol. The van der Waals surface area contributed by atoms with Crippen LogP contribution in [0.15, 0.2) is 42.0 Å². The van der Waals surface area contributed by atoms with Crippen LogP contribution >= 0.6 is 0 Å². The van der Waals surface area contributed by atoms with Crippen molar-refractivity contribution < 1.29 is 9.90 Å². The average Bonchev–Trinajstić information content (AvgIpc) is 2.28. The lowest BCUT2D eigenvalue weighted by atomic mass is 10.1. The molecule has 0 saturated heterocycles. The van der Waals surface area contributed by atoms with E-state index in [9.17, 15) is 9.90 Å². The van der Waals surface area contributed by atoms with Gasteiger partial charge in [-0.05, 0) is 30.2 Å². The van der Waals surface area contributed by atoms with E-state index in [1.54, 1.807) is 31.2 Å². The van der Waals surface area contributed by atoms with Gasteiger partial charge in [0.1, 0.15) is 5.75 Å². The number of carbonyl (C=O) groups is 1. The molecular formula is C14H16O2. The summed E-state index contributed by atoms with van der Waals surface area (Å²) in [6.07, 6.45) is 5.99. The zero-order chi connectivity index (χ0) is 12.0. The first-order chi connectivity index (χ1) is 7.63. The van der Waals surface area contributed by atoms with Crippen LogP contribution in [-0.2, 0) is 4.79 Å². The normalized spacial score (nSPS) is 12.0. The molecule has 84 valence electrons. The maximum atomic E-state index is 11.3. The van der Waals surface area contributed by atoms with E-state index in [2.05, 4.69) is 0 Å². The molecule has 0 fully saturated rings. The Kier molecular flexibility index (Phi) is 4.52. The van der Waals surface area contributed by atoms with Crippen LogP contribution in [0.25, 0.3) is 6.08 Å². The second kappa shape index (κ2) is 5.91. The van der Waals surface area contributed by atoms with Gasteiger partial charge in [-0.1, -0.05) is 37.3 Å². The number of ketones is 1. The molecule has 0 aliphatic heterocycles. The molecule has 1 aromatic carbocycles. The summed E-state index contributed by atoms with van der Waals surface area (Å²) in [5.41, 5.74) is 1.66. The first kappa shape index (κ1) is 12.2. The summed E-state index contributed by atoms with van der Waals surface area (Å²) in [6.45, 7) is 3.65. The van der Waals surface area contributed by atoms with Gasteiger partial charge in [-0.15, -0.1) is 0 Å². The number of phenols is 1. The molecule has 0 amide bonds. The van der Waals surface area contributed by atoms with Gasteiger partial charge in [-0.25, -0.2) is 0 Å². The van der Waals surface area contributed by atoms with Crippen LogP contribution in [0, 0.1) is 0 Å². The fourth-order valence-corrected chi connectivity index (χ4v) is 1.30. The quantitative estimate of drug-likeness (QED) is 0.619. The van der Waals surface area contributed by atoms with Gasteiger partial charge in [0.2, 0.25) is 0 Å². The highest BCUT2D eigenvalue weighted by molar-refractivity contribution is 5.94. The van der Waals surface area contributed by atoms with Gasteiger partial charge in [0.15, 0.2) is 5.78 Å². The summed E-state index contributed by atoms with van der Waals surface area (Å²) >= 11 is 0. The van der Waals surface area contributed by atoms with Crippen molar-refractivity contribution in [1.82, 2.24) is 0 Å². The summed E-state index contributed by atoms with van der Waals surface area (Å²) in [5, 5.41) is 9.24. The average molecular weight is 216 g/mol. The van der Waals surface area contributed by atoms with E-state index >= 15 is 0 Å². The van der Waals surface area contributed by atoms with Crippen LogP contribution in [0.2, 0.25) is 0 Å². The number of benzene rings is 1. The van der Waals surface area contributed by atoms with Crippen LogP contribution in [-0.4, -0.2) is 10.9 Å². The topological polar surface area (TPSA) is 37.3 Å². The highest BCUT2D eigenvalue weighted by Gasteiger charge is 1.97. The van der Waals surface area contributed by atoms with Crippen molar-refractivity contribution in [3.05, 3.63) is 47.6 Å². The number of hydrogen-bond acceptors (Lipinski definition) is 2. The maximum absolute atomic E-state index is 11.3. The summed E-state index contributed by atoms with van der Waals surface area (Å²) in [7, 11) is 0. The minimum Gasteiger partial charge on any atom is -0.508 e. The minimum absolute atomic E-state index is 0.153. The molecule has 0 radical (unpaired) electrons. The van der Waals surface area contributed by atoms with Gasteiger partial charge in [-0.2, -0.15) is 0 Å². The SMILES string of the molecule is CCC(=O)/C(C)=C/C=C/c1cccc(O)c1. The highest BCUT2D eigenvalue weighted by Crippen LogP contribution is 2.12. The second-order valence-electron chi connectivity index (χ2n) is 3.58. The molecule has 2 nitrogen and oxygen atoms in total. The standard InChI is InChI=1S/C14H16O2/c1-3-14(16)11(2)6-4-7-12-8-5-9-13(15)10-12/h4-10,15H,3H2,1-2H3/b7-4+,11-6+. The van der Waals surface area contributed by atoms with Crippen molar-refractivity contribution in [3.63, 3.8) is 0 Å². The minimum atomic E-state index is 0.153. The summed E-state index contributed by atoms with van der Waals surface area (Å²) < 4.78 is 0. The third kappa shape index (κ3) is 3.73. The predicted molar refractivity (Wildman–Crippen MR) is 66.2 cm³/mol. The number of carbonyl (C=O) groups excluding carboxylic acids is 1. The second-order valence-corrected chi connectivity index (χ2v) is 3.58. The van der Waals surface area contributed by atoms with Crippen LogP contribution < -0.4 is 0 Å². The lowest BCUT2D eigenvalue weighted by molar-refractivity contribution is -0.115. The molecule has 16 heavy (non-hydrogen) atoms. The first-order valence-corrected chi connectivity index (χ1v) is 5.30. The van der Waals surface area contributed by atoms with Gasteiger partial charge in [0.05, 0.1) is 0 Å². The Morgan fingerprint density at radius 3 is 2.81 bits per heavy atom. The Bertz CT molecular complexity index is 428. The Morgan fingerprint density at radius 1 is 1.44 bits per heavy atom. The zero-order valence-corrected chi connectivity index (χ0v) is 9.60. The molecule has 0 unspecified atom stereocenters. The number of rotatable bonds is 4. The smallest absolute Gasteiger partial charge is 0.158 e. The third-order valence-corrected chi connectivity index (χ3v) is 2.27. The van der Waals surface area contributed by atoms with E-state index in [4.69, 9.17) is 0 Å². The van der Waals surface area contributed by atoms with Crippen molar-refractivity contribution in [1.29, 1.82) is 0 Å². The van der Waals surface area contributed by atoms with Gasteiger partial charge in [0, 0.05) is 6.42 Å². The maximum Gasteiger partial charge on any atom is 0.158 e. The van der Waals surface area contributed by atoms with Gasteiger partial charge >= 0.3 is 0 Å². The molecule has 0 aliphatic rings. The van der Waals surface area contributed by atoms with E-state index < -0.39 is 0 Å². The van der Waals surface area contributed by atoms with Crippen LogP contribution in [0.3, 0.4) is 0 Å². The van der Waals surface area contributed by atoms with Crippen LogP contribution in [0.4, 0.5) is 0 Å². The van der Waals surface area contributed by atoms with Crippen molar-refractivity contribution >= 4 is 11.9 Å². The molecule has 1 rings (SSSR count). The van der Waals surface area contributed by atoms with Gasteiger partial charge in [0.25, 0.3) is 0 Å². The number of Topliss-reactive ketones (excluding diaryl/α,β-unsaturated/α-hetero) is 1. The van der Waals surface area contributed by atoms with Crippen LogP contribution in [0.1, 0.15) is 25.8 Å². The summed E-state index contributed by atoms with van der Waals surface area (Å²) in [5.74, 6) is 0.396. The third-order valence-electron chi connectivity index (χ3n) is 2.27. The van der Waals surface area contributed by atoms with E-state index in [1.807, 2.05) is 25.1 Å². The number of phenolic OH excluding ortho intramolecular Hbond substituents is 1. The van der Waals surface area contributed by atoms with E-state index in [0.29, 0.717) is 6.42 Å². The molecule has 2 heteroatoms. The molecule has 0 heterocycles. The summed E-state index contributed by atoms with van der Waals surface area (Å²) in [4.78, 5) is 11.3. The molecule has 0 saturated carbocycles. The van der Waals surface area contributed by atoms with Gasteiger partial charge in [-0.3, -0.25) is 4.79 Å². The Hall–Kier alpha value is -1.83. The van der Waals surface area contributed by atoms with Crippen molar-refractivity contribution in [3.8, 4) is 5.75 Å². The molecule has 1 N–H and O–H groups in total. The lowest BCUT2D eigenvalue weighted by Crippen LogP contribution is -1.95. The number of aromatic hydroxyl groups is 1. The van der Waals surface area contributed by atoms with E-state index in [-0.39, 0.29) is 11.5 Å². The Labute approximate surface area is 95.9 Å². The molecule has 0 aliphatic carbocycles. The zero-order valence-electron chi connectivity index (χ0n) is 9.60. The highest BCUT2D eigenvalue weighted by atomic mass is 16.3. The Morgan fingerprint density at radius 2 is 2.19 bits per heavy atom. The predicted octanol–water partition coefficient (Wildman–Crippen LogP) is 3.33. The van der Waals surface area contributed by atoms with E-state index in [0.717, 1.165) is 11.1 Å². The molecule has 0 aromatic heterocycles. The molecule has 0 atom stereocenters. The van der Waals surface area contributed by atoms with Crippen LogP contribution in [0.5, 0.6) is 5.75 Å². The fourth-order valence-electron chi connectivity index (χ4n) is 1.30. The van der Waals surface area contributed by atoms with Gasteiger partial charge < -0.3 is 5.11 Å². The largest absolute Gasteiger partial charge is 0.508 e. The van der Waals surface area contributed by atoms with E-state index in [1.165, 1.54) is 0 Å². The molecule has 0 bridgehead atoms.